The van der Waals surface area contributed by atoms with E-state index in [2.05, 4.69) is 116 Å². The fourth-order valence-electron chi connectivity index (χ4n) is 3.11. The van der Waals surface area contributed by atoms with Gasteiger partial charge < -0.3 is 0 Å². The molecule has 0 amide bonds. The Hall–Kier alpha value is -2.83. The molecule has 0 fully saturated rings. The maximum atomic E-state index is 9.87. The molecule has 0 bridgehead atoms. The fourth-order valence-corrected chi connectivity index (χ4v) is 4.23. The first-order valence-corrected chi connectivity index (χ1v) is 12.9. The first kappa shape index (κ1) is 25.8. The number of hydrogen-bond acceptors (Lipinski definition) is 1. The average Bonchev–Trinajstić information content (AvgIpc) is 2.78. The van der Waals surface area contributed by atoms with Gasteiger partial charge >= 0.3 is 33.0 Å². The van der Waals surface area contributed by atoms with Crippen molar-refractivity contribution in [3.8, 4) is 0 Å². The summed E-state index contributed by atoms with van der Waals surface area (Å²) in [5, 5.41) is 0. The van der Waals surface area contributed by atoms with Crippen LogP contribution in [0, 0.1) is 0 Å². The molecule has 1 aliphatic heterocycles. The molecule has 0 radical (unpaired) electrons. The molecule has 4 rings (SSSR count). The molecule has 0 saturated carbocycles. The van der Waals surface area contributed by atoms with Gasteiger partial charge in [-0.25, -0.2) is 4.58 Å². The summed E-state index contributed by atoms with van der Waals surface area (Å²) in [4.78, 5) is 2.56. The molecule has 0 aromatic heterocycles. The van der Waals surface area contributed by atoms with Crippen molar-refractivity contribution in [3.63, 3.8) is 0 Å². The van der Waals surface area contributed by atoms with Gasteiger partial charge in [-0.2, -0.15) is 0 Å². The van der Waals surface area contributed by atoms with Crippen LogP contribution in [0.15, 0.2) is 108 Å². The number of benzene rings is 2. The van der Waals surface area contributed by atoms with Gasteiger partial charge in [0.05, 0.1) is 0 Å². The second kappa shape index (κ2) is 9.08. The van der Waals surface area contributed by atoms with Crippen LogP contribution in [0.3, 0.4) is 0 Å². The molecule has 0 N–H and O–H groups in total. The van der Waals surface area contributed by atoms with Crippen molar-refractivity contribution in [2.24, 2.45) is 0 Å². The minimum atomic E-state index is -10.7. The predicted molar refractivity (Wildman–Crippen MR) is 132 cm³/mol. The second-order valence-corrected chi connectivity index (χ2v) is 10.7. The summed E-state index contributed by atoms with van der Waals surface area (Å²) in [6.45, 7) is 0. The zero-order valence-corrected chi connectivity index (χ0v) is 20.0. The van der Waals surface area contributed by atoms with E-state index >= 15 is 0 Å². The van der Waals surface area contributed by atoms with Crippen LogP contribution < -0.4 is 0 Å². The van der Waals surface area contributed by atoms with E-state index in [0.29, 0.717) is 0 Å². The Bertz CT molecular complexity index is 1160. The van der Waals surface area contributed by atoms with Gasteiger partial charge in [-0.3, -0.25) is 0 Å². The van der Waals surface area contributed by atoms with Gasteiger partial charge in [0.2, 0.25) is 0 Å². The van der Waals surface area contributed by atoms with Crippen molar-refractivity contribution in [2.45, 2.75) is 0 Å². The third kappa shape index (κ3) is 8.84. The van der Waals surface area contributed by atoms with Gasteiger partial charge in [-0.15, -0.1) is 0 Å². The molecule has 1 heterocycles. The van der Waals surface area contributed by atoms with Crippen molar-refractivity contribution in [2.75, 3.05) is 14.1 Å². The molecular formula is C25H22F6NPS. The Balaban J connectivity index is 0.000000406. The first-order valence-electron chi connectivity index (χ1n) is 10.1. The van der Waals surface area contributed by atoms with Crippen LogP contribution in [0.2, 0.25) is 0 Å². The Labute approximate surface area is 198 Å². The standard InChI is InChI=1S/C25H22NS.F6P/c1-26(2)23-15-13-19(14-16-23)22-17-24(20-9-5-3-6-10-20)27-25(18-22)21-11-7-4-8-12-21;1-7(2,3,4,5)6/h3-18H,1-2H3;/q+1;-1. The van der Waals surface area contributed by atoms with E-state index in [1.807, 2.05) is 11.8 Å². The molecule has 2 aromatic rings. The van der Waals surface area contributed by atoms with Crippen molar-refractivity contribution in [3.05, 3.63) is 119 Å². The number of hydrogen-bond donors (Lipinski definition) is 0. The van der Waals surface area contributed by atoms with E-state index in [0.717, 1.165) is 0 Å². The molecule has 0 saturated heterocycles. The SMILES string of the molecule is C[N+](C)=C1C=CC(=C2C=C(c3ccccc3)SC(c3ccccc3)=C2)C=C1.F[P-](F)(F)(F)(F)F. The number of allylic oxidation sites excluding steroid dienone is 8. The van der Waals surface area contributed by atoms with Crippen LogP contribution in [0.1, 0.15) is 11.1 Å². The predicted octanol–water partition coefficient (Wildman–Crippen LogP) is 9.33. The number of nitrogens with zero attached hydrogens (tertiary/aromatic N) is 1. The van der Waals surface area contributed by atoms with E-state index in [1.165, 1.54) is 37.8 Å². The summed E-state index contributed by atoms with van der Waals surface area (Å²) in [7, 11) is -6.52. The summed E-state index contributed by atoms with van der Waals surface area (Å²) >= 11 is 1.84. The normalized spacial score (nSPS) is 17.7. The van der Waals surface area contributed by atoms with Crippen LogP contribution >= 0.6 is 19.6 Å². The third-order valence-electron chi connectivity index (χ3n) is 4.63. The average molecular weight is 513 g/mol. The molecule has 180 valence electrons. The van der Waals surface area contributed by atoms with Crippen LogP contribution in [0.25, 0.3) is 9.81 Å². The molecule has 2 aromatic carbocycles. The van der Waals surface area contributed by atoms with Crippen LogP contribution in [-0.4, -0.2) is 24.4 Å². The molecule has 34 heavy (non-hydrogen) atoms. The summed E-state index contributed by atoms with van der Waals surface area (Å²) in [5.41, 5.74) is 6.21. The fraction of sp³-hybridized carbons (Fsp3) is 0.0800. The molecule has 1 nitrogen and oxygen atoms in total. The quantitative estimate of drug-likeness (QED) is 0.220. The van der Waals surface area contributed by atoms with Gasteiger partial charge in [-0.05, 0) is 46.6 Å². The van der Waals surface area contributed by atoms with Crippen molar-refractivity contribution in [1.29, 1.82) is 0 Å². The second-order valence-electron chi connectivity index (χ2n) is 7.71. The third-order valence-corrected chi connectivity index (χ3v) is 5.77. The molecule has 0 spiro atoms. The summed E-state index contributed by atoms with van der Waals surface area (Å²) in [6, 6.07) is 21.3. The van der Waals surface area contributed by atoms with E-state index in [1.54, 1.807) is 0 Å². The number of rotatable bonds is 2. The molecule has 0 unspecified atom stereocenters. The van der Waals surface area contributed by atoms with Crippen LogP contribution in [-0.2, 0) is 0 Å². The Morgan fingerprint density at radius 3 is 1.32 bits per heavy atom. The van der Waals surface area contributed by atoms with Gasteiger partial charge in [0, 0.05) is 22.0 Å². The van der Waals surface area contributed by atoms with E-state index < -0.39 is 7.81 Å². The zero-order chi connectivity index (χ0) is 25.0. The van der Waals surface area contributed by atoms with Crippen molar-refractivity contribution < 1.29 is 29.8 Å². The van der Waals surface area contributed by atoms with Crippen LogP contribution in [0.5, 0.6) is 0 Å². The molecule has 0 atom stereocenters. The van der Waals surface area contributed by atoms with Gasteiger partial charge in [0.1, 0.15) is 14.1 Å². The molecule has 2 aliphatic rings. The summed E-state index contributed by atoms with van der Waals surface area (Å²) < 4.78 is 61.3. The van der Waals surface area contributed by atoms with E-state index in [4.69, 9.17) is 0 Å². The summed E-state index contributed by atoms with van der Waals surface area (Å²) in [6.07, 6.45) is 13.4. The minimum absolute atomic E-state index is 1.21. The topological polar surface area (TPSA) is 3.01 Å². The van der Waals surface area contributed by atoms with E-state index in [9.17, 15) is 25.2 Å². The first-order chi connectivity index (χ1) is 15.7. The van der Waals surface area contributed by atoms with Crippen molar-refractivity contribution in [1.82, 2.24) is 0 Å². The molecule has 9 heteroatoms. The maximum absolute atomic E-state index is 10.7. The number of halogens is 6. The Morgan fingerprint density at radius 2 is 0.971 bits per heavy atom. The Morgan fingerprint density at radius 1 is 0.588 bits per heavy atom. The van der Waals surface area contributed by atoms with Crippen LogP contribution in [0.4, 0.5) is 25.2 Å². The van der Waals surface area contributed by atoms with Gasteiger partial charge in [-0.1, -0.05) is 72.4 Å². The zero-order valence-electron chi connectivity index (χ0n) is 18.3. The van der Waals surface area contributed by atoms with Gasteiger partial charge in [0.25, 0.3) is 0 Å². The number of thioether (sulfide) groups is 1. The van der Waals surface area contributed by atoms with Crippen molar-refractivity contribution >= 4 is 35.1 Å². The molecular weight excluding hydrogens is 491 g/mol. The summed E-state index contributed by atoms with van der Waals surface area (Å²) in [5.74, 6) is 0. The Kier molecular flexibility index (Phi) is 6.89. The van der Waals surface area contributed by atoms with E-state index in [-0.39, 0.29) is 0 Å². The monoisotopic (exact) mass is 513 g/mol. The molecule has 1 aliphatic carbocycles. The van der Waals surface area contributed by atoms with Gasteiger partial charge in [0.15, 0.2) is 5.71 Å².